The Morgan fingerprint density at radius 2 is 2.24 bits per heavy atom. The fourth-order valence-corrected chi connectivity index (χ4v) is 3.15. The van der Waals surface area contributed by atoms with Crippen molar-refractivity contribution >= 4 is 28.7 Å². The van der Waals surface area contributed by atoms with Gasteiger partial charge < -0.3 is 14.9 Å². The minimum atomic E-state index is -0.119. The van der Waals surface area contributed by atoms with Crippen molar-refractivity contribution in [2.24, 2.45) is 7.05 Å². The SMILES string of the molecule is CSCC[C@H](NC(=O)CCc1nncn1C)c1nc2ccccc2[nH]1. The van der Waals surface area contributed by atoms with Gasteiger partial charge in [0.15, 0.2) is 0 Å². The molecule has 0 aliphatic rings. The van der Waals surface area contributed by atoms with E-state index in [-0.39, 0.29) is 11.9 Å². The lowest BCUT2D eigenvalue weighted by atomic mass is 10.2. The number of para-hydroxylation sites is 2. The molecule has 0 saturated heterocycles. The molecule has 8 heteroatoms. The van der Waals surface area contributed by atoms with E-state index in [9.17, 15) is 4.79 Å². The Balaban J connectivity index is 1.67. The van der Waals surface area contributed by atoms with Crippen LogP contribution in [0.1, 0.15) is 30.5 Å². The van der Waals surface area contributed by atoms with E-state index in [1.54, 1.807) is 18.1 Å². The third kappa shape index (κ3) is 4.39. The van der Waals surface area contributed by atoms with Gasteiger partial charge in [0.25, 0.3) is 0 Å². The summed E-state index contributed by atoms with van der Waals surface area (Å²) in [5.41, 5.74) is 1.90. The standard InChI is InChI=1S/C17H22N6OS/c1-23-11-18-22-15(23)7-8-16(24)19-14(9-10-25-2)17-20-12-5-3-4-6-13(12)21-17/h3-6,11,14H,7-10H2,1-2H3,(H,19,24)(H,20,21)/t14-/m0/s1. The lowest BCUT2D eigenvalue weighted by molar-refractivity contribution is -0.121. The first kappa shape index (κ1) is 17.5. The highest BCUT2D eigenvalue weighted by atomic mass is 32.2. The van der Waals surface area contributed by atoms with Gasteiger partial charge in [-0.1, -0.05) is 12.1 Å². The number of nitrogens with one attached hydrogen (secondary N) is 2. The predicted octanol–water partition coefficient (Wildman–Crippen LogP) is 2.23. The molecule has 1 atom stereocenters. The highest BCUT2D eigenvalue weighted by Crippen LogP contribution is 2.20. The Bertz CT molecular complexity index is 809. The Morgan fingerprint density at radius 1 is 1.40 bits per heavy atom. The molecule has 0 saturated carbocycles. The predicted molar refractivity (Wildman–Crippen MR) is 99.3 cm³/mol. The minimum Gasteiger partial charge on any atom is -0.346 e. The van der Waals surface area contributed by atoms with E-state index in [1.165, 1.54) is 0 Å². The number of rotatable bonds is 8. The Hall–Kier alpha value is -2.35. The number of thioether (sulfide) groups is 1. The minimum absolute atomic E-state index is 0.00504. The second kappa shape index (κ2) is 8.15. The van der Waals surface area contributed by atoms with E-state index in [0.29, 0.717) is 12.8 Å². The topological polar surface area (TPSA) is 88.5 Å². The van der Waals surface area contributed by atoms with Gasteiger partial charge in [-0.05, 0) is 30.6 Å². The van der Waals surface area contributed by atoms with E-state index in [1.807, 2.05) is 35.9 Å². The number of carbonyl (C=O) groups excluding carboxylic acids is 1. The maximum atomic E-state index is 12.4. The summed E-state index contributed by atoms with van der Waals surface area (Å²) < 4.78 is 1.83. The van der Waals surface area contributed by atoms with Crippen molar-refractivity contribution in [2.75, 3.05) is 12.0 Å². The van der Waals surface area contributed by atoms with Crippen molar-refractivity contribution in [1.82, 2.24) is 30.0 Å². The number of hydrogen-bond acceptors (Lipinski definition) is 5. The van der Waals surface area contributed by atoms with Crippen LogP contribution in [0, 0.1) is 0 Å². The number of benzene rings is 1. The molecule has 2 N–H and O–H groups in total. The second-order valence-corrected chi connectivity index (χ2v) is 6.88. The van der Waals surface area contributed by atoms with E-state index in [0.717, 1.165) is 34.9 Å². The van der Waals surface area contributed by atoms with Gasteiger partial charge >= 0.3 is 0 Å². The van der Waals surface area contributed by atoms with Gasteiger partial charge in [0.2, 0.25) is 5.91 Å². The average Bonchev–Trinajstić information content (AvgIpc) is 3.22. The van der Waals surface area contributed by atoms with E-state index < -0.39 is 0 Å². The number of aryl methyl sites for hydroxylation is 2. The fourth-order valence-electron chi connectivity index (χ4n) is 2.68. The molecule has 25 heavy (non-hydrogen) atoms. The van der Waals surface area contributed by atoms with Gasteiger partial charge in [-0.3, -0.25) is 4.79 Å². The maximum Gasteiger partial charge on any atom is 0.221 e. The van der Waals surface area contributed by atoms with Crippen molar-refractivity contribution in [3.8, 4) is 0 Å². The quantitative estimate of drug-likeness (QED) is 0.645. The summed E-state index contributed by atoms with van der Waals surface area (Å²) in [5, 5.41) is 11.0. The Labute approximate surface area is 150 Å². The molecule has 0 unspecified atom stereocenters. The number of H-pyrrole nitrogens is 1. The van der Waals surface area contributed by atoms with Gasteiger partial charge in [-0.25, -0.2) is 4.98 Å². The molecule has 2 aromatic heterocycles. The van der Waals surface area contributed by atoms with Gasteiger partial charge in [0.1, 0.15) is 18.0 Å². The molecule has 3 aromatic rings. The number of nitrogens with zero attached hydrogens (tertiary/aromatic N) is 4. The zero-order valence-electron chi connectivity index (χ0n) is 14.4. The van der Waals surface area contributed by atoms with Crippen LogP contribution < -0.4 is 5.32 Å². The maximum absolute atomic E-state index is 12.4. The molecule has 0 fully saturated rings. The van der Waals surface area contributed by atoms with Gasteiger partial charge in [-0.2, -0.15) is 11.8 Å². The molecular formula is C17H22N6OS. The van der Waals surface area contributed by atoms with E-state index in [2.05, 4.69) is 31.7 Å². The van der Waals surface area contributed by atoms with Gasteiger partial charge in [-0.15, -0.1) is 10.2 Å². The first-order chi connectivity index (χ1) is 12.2. The van der Waals surface area contributed by atoms with Crippen molar-refractivity contribution in [3.63, 3.8) is 0 Å². The molecule has 2 heterocycles. The summed E-state index contributed by atoms with van der Waals surface area (Å²) in [7, 11) is 1.88. The van der Waals surface area contributed by atoms with Crippen LogP contribution in [0.5, 0.6) is 0 Å². The second-order valence-electron chi connectivity index (χ2n) is 5.90. The van der Waals surface area contributed by atoms with Crippen molar-refractivity contribution in [1.29, 1.82) is 0 Å². The summed E-state index contributed by atoms with van der Waals surface area (Å²) >= 11 is 1.76. The van der Waals surface area contributed by atoms with Crippen molar-refractivity contribution < 1.29 is 4.79 Å². The molecule has 1 amide bonds. The summed E-state index contributed by atoms with van der Waals surface area (Å²) in [4.78, 5) is 20.4. The van der Waals surface area contributed by atoms with Crippen LogP contribution in [0.3, 0.4) is 0 Å². The zero-order chi connectivity index (χ0) is 17.6. The zero-order valence-corrected chi connectivity index (χ0v) is 15.2. The molecule has 0 spiro atoms. The number of fused-ring (bicyclic) bond motifs is 1. The fraction of sp³-hybridized carbons (Fsp3) is 0.412. The molecule has 0 radical (unpaired) electrons. The lowest BCUT2D eigenvalue weighted by Crippen LogP contribution is -2.30. The van der Waals surface area contributed by atoms with Crippen LogP contribution in [-0.4, -0.2) is 42.6 Å². The number of amides is 1. The van der Waals surface area contributed by atoms with E-state index >= 15 is 0 Å². The molecule has 7 nitrogen and oxygen atoms in total. The Kier molecular flexibility index (Phi) is 5.70. The van der Waals surface area contributed by atoms with Gasteiger partial charge in [0, 0.05) is 19.9 Å². The summed E-state index contributed by atoms with van der Waals surface area (Å²) in [5.74, 6) is 2.56. The normalized spacial score (nSPS) is 12.4. The molecule has 0 aliphatic carbocycles. The smallest absolute Gasteiger partial charge is 0.221 e. The summed E-state index contributed by atoms with van der Waals surface area (Å²) in [6, 6.07) is 7.78. The largest absolute Gasteiger partial charge is 0.346 e. The highest BCUT2D eigenvalue weighted by molar-refractivity contribution is 7.98. The average molecular weight is 358 g/mol. The van der Waals surface area contributed by atoms with Crippen LogP contribution in [0.15, 0.2) is 30.6 Å². The number of imidazole rings is 1. The first-order valence-electron chi connectivity index (χ1n) is 8.23. The monoisotopic (exact) mass is 358 g/mol. The summed E-state index contributed by atoms with van der Waals surface area (Å²) in [6.07, 6.45) is 5.48. The van der Waals surface area contributed by atoms with Crippen LogP contribution in [0.4, 0.5) is 0 Å². The van der Waals surface area contributed by atoms with Crippen LogP contribution in [-0.2, 0) is 18.3 Å². The highest BCUT2D eigenvalue weighted by Gasteiger charge is 2.18. The third-order valence-electron chi connectivity index (χ3n) is 4.06. The molecule has 132 valence electrons. The number of hydrogen-bond donors (Lipinski definition) is 2. The number of carbonyl (C=O) groups is 1. The summed E-state index contributed by atoms with van der Waals surface area (Å²) in [6.45, 7) is 0. The molecular weight excluding hydrogens is 336 g/mol. The van der Waals surface area contributed by atoms with Crippen LogP contribution in [0.25, 0.3) is 11.0 Å². The van der Waals surface area contributed by atoms with Crippen LogP contribution >= 0.6 is 11.8 Å². The lowest BCUT2D eigenvalue weighted by Gasteiger charge is -2.16. The van der Waals surface area contributed by atoms with E-state index in [4.69, 9.17) is 0 Å². The van der Waals surface area contributed by atoms with Crippen molar-refractivity contribution in [3.05, 3.63) is 42.2 Å². The first-order valence-corrected chi connectivity index (χ1v) is 9.62. The molecule has 0 bridgehead atoms. The molecule has 3 rings (SSSR count). The Morgan fingerprint density at radius 3 is 2.96 bits per heavy atom. The molecule has 1 aromatic carbocycles. The van der Waals surface area contributed by atoms with Crippen molar-refractivity contribution in [2.45, 2.75) is 25.3 Å². The number of aromatic nitrogens is 5. The van der Waals surface area contributed by atoms with Crippen LogP contribution in [0.2, 0.25) is 0 Å². The number of aromatic amines is 1. The third-order valence-corrected chi connectivity index (χ3v) is 4.71. The molecule has 0 aliphatic heterocycles. The van der Waals surface area contributed by atoms with Gasteiger partial charge in [0.05, 0.1) is 17.1 Å².